The molecule has 0 saturated heterocycles. The molecule has 0 aliphatic carbocycles. The molecule has 0 spiro atoms. The molecule has 2 N–H and O–H groups in total. The largest absolute Gasteiger partial charge is 0.482 e. The molecule has 0 amide bonds. The van der Waals surface area contributed by atoms with Gasteiger partial charge in [0, 0.05) is 18.0 Å². The molecule has 0 unspecified atom stereocenters. The fourth-order valence-electron chi connectivity index (χ4n) is 1.75. The number of hydrogen-bond acceptors (Lipinski definition) is 6. The van der Waals surface area contributed by atoms with Crippen LogP contribution in [0.1, 0.15) is 42.9 Å². The van der Waals surface area contributed by atoms with Crippen molar-refractivity contribution in [1.82, 2.24) is 15.1 Å². The smallest absolute Gasteiger partial charge is 0.264 e. The van der Waals surface area contributed by atoms with E-state index in [0.717, 1.165) is 11.4 Å². The van der Waals surface area contributed by atoms with Crippen molar-refractivity contribution in [3.05, 3.63) is 35.2 Å². The van der Waals surface area contributed by atoms with Crippen molar-refractivity contribution in [2.45, 2.75) is 39.7 Å². The molecule has 0 fully saturated rings. The highest BCUT2D eigenvalue weighted by Gasteiger charge is 2.11. The van der Waals surface area contributed by atoms with Crippen molar-refractivity contribution in [3.8, 4) is 5.75 Å². The Balaban J connectivity index is 2.06. The van der Waals surface area contributed by atoms with Crippen molar-refractivity contribution < 1.29 is 9.26 Å². The Kier molecular flexibility index (Phi) is 4.68. The van der Waals surface area contributed by atoms with Crippen LogP contribution in [0, 0.1) is 6.92 Å². The van der Waals surface area contributed by atoms with Gasteiger partial charge in [-0.15, -0.1) is 0 Å². The highest BCUT2D eigenvalue weighted by molar-refractivity contribution is 5.29. The summed E-state index contributed by atoms with van der Waals surface area (Å²) in [6, 6.07) is 3.80. The molecule has 2 rings (SSSR count). The molecule has 0 saturated carbocycles. The number of aromatic nitrogens is 3. The van der Waals surface area contributed by atoms with Gasteiger partial charge < -0.3 is 15.0 Å². The number of nitrogens with two attached hydrogens (primary N) is 1. The van der Waals surface area contributed by atoms with E-state index in [1.165, 1.54) is 0 Å². The third kappa shape index (κ3) is 3.54. The molecule has 2 aromatic rings. The quantitative estimate of drug-likeness (QED) is 0.868. The first-order valence-corrected chi connectivity index (χ1v) is 6.72. The van der Waals surface area contributed by atoms with Gasteiger partial charge in [-0.25, -0.2) is 0 Å². The van der Waals surface area contributed by atoms with Crippen LogP contribution in [0.15, 0.2) is 16.7 Å². The van der Waals surface area contributed by atoms with E-state index in [9.17, 15) is 0 Å². The topological polar surface area (TPSA) is 87.1 Å². The average molecular weight is 276 g/mol. The third-order valence-electron chi connectivity index (χ3n) is 2.80. The van der Waals surface area contributed by atoms with Crippen LogP contribution < -0.4 is 10.5 Å². The normalized spacial score (nSPS) is 11.1. The van der Waals surface area contributed by atoms with Gasteiger partial charge in [-0.1, -0.05) is 19.0 Å². The van der Waals surface area contributed by atoms with E-state index >= 15 is 0 Å². The van der Waals surface area contributed by atoms with Gasteiger partial charge in [0.05, 0.1) is 5.69 Å². The van der Waals surface area contributed by atoms with Crippen LogP contribution in [0.3, 0.4) is 0 Å². The van der Waals surface area contributed by atoms with Gasteiger partial charge in [-0.3, -0.25) is 4.98 Å². The van der Waals surface area contributed by atoms with E-state index in [0.29, 0.717) is 30.4 Å². The first-order chi connectivity index (χ1) is 9.60. The maximum Gasteiger partial charge on any atom is 0.264 e. The van der Waals surface area contributed by atoms with Gasteiger partial charge in [-0.2, -0.15) is 4.98 Å². The first-order valence-electron chi connectivity index (χ1n) is 6.72. The van der Waals surface area contributed by atoms with Gasteiger partial charge in [0.2, 0.25) is 0 Å². The lowest BCUT2D eigenvalue weighted by atomic mass is 10.2. The van der Waals surface area contributed by atoms with E-state index in [2.05, 4.69) is 15.1 Å². The Morgan fingerprint density at radius 3 is 2.75 bits per heavy atom. The van der Waals surface area contributed by atoms with Gasteiger partial charge in [0.15, 0.2) is 12.4 Å². The zero-order valence-electron chi connectivity index (χ0n) is 12.1. The van der Waals surface area contributed by atoms with Crippen LogP contribution in [-0.2, 0) is 13.0 Å². The first kappa shape index (κ1) is 14.5. The van der Waals surface area contributed by atoms with E-state index < -0.39 is 0 Å². The molecule has 6 heteroatoms. The molecule has 6 nitrogen and oxygen atoms in total. The monoisotopic (exact) mass is 276 g/mol. The minimum Gasteiger partial charge on any atom is -0.482 e. The summed E-state index contributed by atoms with van der Waals surface area (Å²) < 4.78 is 10.8. The number of aryl methyl sites for hydroxylation is 1. The summed E-state index contributed by atoms with van der Waals surface area (Å²) in [5.41, 5.74) is 7.39. The second kappa shape index (κ2) is 6.47. The summed E-state index contributed by atoms with van der Waals surface area (Å²) in [5.74, 6) is 2.10. The Morgan fingerprint density at radius 2 is 2.10 bits per heavy atom. The number of pyridine rings is 1. The summed E-state index contributed by atoms with van der Waals surface area (Å²) in [7, 11) is 0. The van der Waals surface area contributed by atoms with Crippen molar-refractivity contribution >= 4 is 0 Å². The number of hydrogen-bond donors (Lipinski definition) is 1. The molecule has 20 heavy (non-hydrogen) atoms. The zero-order valence-corrected chi connectivity index (χ0v) is 12.1. The Hall–Kier alpha value is -1.95. The average Bonchev–Trinajstić information content (AvgIpc) is 2.87. The lowest BCUT2D eigenvalue weighted by Gasteiger charge is -2.09. The molecule has 2 aromatic heterocycles. The molecule has 108 valence electrons. The summed E-state index contributed by atoms with van der Waals surface area (Å²) in [6.45, 7) is 6.74. The third-order valence-corrected chi connectivity index (χ3v) is 2.80. The molecule has 0 atom stereocenters. The standard InChI is InChI=1S/C14H20N4O2/c1-9(2)14-17-13(20-18-14)8-19-12-5-4-10(3)16-11(12)6-7-15/h4-5,9H,6-8,15H2,1-3H3. The molecule has 0 aliphatic heterocycles. The molecular formula is C14H20N4O2. The highest BCUT2D eigenvalue weighted by Crippen LogP contribution is 2.19. The van der Waals surface area contributed by atoms with Gasteiger partial charge in [0.25, 0.3) is 5.89 Å². The van der Waals surface area contributed by atoms with Crippen LogP contribution in [-0.4, -0.2) is 21.7 Å². The van der Waals surface area contributed by atoms with E-state index in [1.54, 1.807) is 0 Å². The van der Waals surface area contributed by atoms with Crippen LogP contribution in [0.5, 0.6) is 5.75 Å². The fourth-order valence-corrected chi connectivity index (χ4v) is 1.75. The highest BCUT2D eigenvalue weighted by atomic mass is 16.5. The summed E-state index contributed by atoms with van der Waals surface area (Å²) in [4.78, 5) is 8.71. The summed E-state index contributed by atoms with van der Waals surface area (Å²) >= 11 is 0. The summed E-state index contributed by atoms with van der Waals surface area (Å²) in [5, 5.41) is 3.90. The number of nitrogens with zero attached hydrogens (tertiary/aromatic N) is 3. The second-order valence-corrected chi connectivity index (χ2v) is 4.93. The van der Waals surface area contributed by atoms with Gasteiger partial charge >= 0.3 is 0 Å². The Labute approximate surface area is 118 Å². The van der Waals surface area contributed by atoms with E-state index in [-0.39, 0.29) is 12.5 Å². The lowest BCUT2D eigenvalue weighted by molar-refractivity contribution is 0.239. The Morgan fingerprint density at radius 1 is 1.30 bits per heavy atom. The van der Waals surface area contributed by atoms with Crippen molar-refractivity contribution in [2.75, 3.05) is 6.54 Å². The molecule has 2 heterocycles. The van der Waals surface area contributed by atoms with E-state index in [1.807, 2.05) is 32.9 Å². The number of ether oxygens (including phenoxy) is 1. The van der Waals surface area contributed by atoms with Gasteiger partial charge in [0.1, 0.15) is 5.75 Å². The lowest BCUT2D eigenvalue weighted by Crippen LogP contribution is -2.08. The number of rotatable bonds is 6. The Bertz CT molecular complexity index is 566. The van der Waals surface area contributed by atoms with Crippen LogP contribution in [0.2, 0.25) is 0 Å². The second-order valence-electron chi connectivity index (χ2n) is 4.93. The van der Waals surface area contributed by atoms with Crippen molar-refractivity contribution in [3.63, 3.8) is 0 Å². The minimum absolute atomic E-state index is 0.237. The zero-order chi connectivity index (χ0) is 14.5. The van der Waals surface area contributed by atoms with Crippen LogP contribution in [0.25, 0.3) is 0 Å². The summed E-state index contributed by atoms with van der Waals surface area (Å²) in [6.07, 6.45) is 0.679. The molecule has 0 aromatic carbocycles. The predicted molar refractivity (Wildman–Crippen MR) is 74.5 cm³/mol. The van der Waals surface area contributed by atoms with Crippen LogP contribution >= 0.6 is 0 Å². The molecule has 0 bridgehead atoms. The maximum atomic E-state index is 5.71. The van der Waals surface area contributed by atoms with Crippen LogP contribution in [0.4, 0.5) is 0 Å². The fraction of sp³-hybridized carbons (Fsp3) is 0.500. The van der Waals surface area contributed by atoms with Crippen molar-refractivity contribution in [1.29, 1.82) is 0 Å². The SMILES string of the molecule is Cc1ccc(OCc2nc(C(C)C)no2)c(CCN)n1. The molecular weight excluding hydrogens is 256 g/mol. The molecule has 0 aliphatic rings. The maximum absolute atomic E-state index is 5.71. The molecule has 0 radical (unpaired) electrons. The van der Waals surface area contributed by atoms with Gasteiger partial charge in [-0.05, 0) is 25.6 Å². The van der Waals surface area contributed by atoms with E-state index in [4.69, 9.17) is 15.0 Å². The predicted octanol–water partition coefficient (Wildman–Crippen LogP) is 1.98. The minimum atomic E-state index is 0.237. The van der Waals surface area contributed by atoms with Crippen molar-refractivity contribution in [2.24, 2.45) is 5.73 Å².